The zero-order valence-electron chi connectivity index (χ0n) is 10.3. The molecule has 0 N–H and O–H groups in total. The molecule has 0 spiro atoms. The Labute approximate surface area is 105 Å². The molecule has 0 radical (unpaired) electrons. The summed E-state index contributed by atoms with van der Waals surface area (Å²) in [6.45, 7) is 4.13. The first-order valence-corrected chi connectivity index (χ1v) is 5.69. The summed E-state index contributed by atoms with van der Waals surface area (Å²) in [5.41, 5.74) is 2.03. The lowest BCUT2D eigenvalue weighted by Crippen LogP contribution is -2.15. The molecule has 0 aliphatic heterocycles. The largest absolute Gasteiger partial charge is 0.465 e. The lowest BCUT2D eigenvalue weighted by Gasteiger charge is -2.04. The van der Waals surface area contributed by atoms with Crippen LogP contribution in [0.15, 0.2) is 24.3 Å². The van der Waals surface area contributed by atoms with Crippen LogP contribution in [0, 0.1) is 6.92 Å². The number of rotatable bonds is 4. The average molecular weight is 246 g/mol. The summed E-state index contributed by atoms with van der Waals surface area (Å²) >= 11 is 0. The smallest absolute Gasteiger partial charge is 0.327 e. The van der Waals surface area contributed by atoms with Crippen molar-refractivity contribution < 1.29 is 9.53 Å². The van der Waals surface area contributed by atoms with Gasteiger partial charge < -0.3 is 4.74 Å². The molecule has 0 amide bonds. The van der Waals surface area contributed by atoms with E-state index in [1.54, 1.807) is 6.92 Å². The van der Waals surface area contributed by atoms with Crippen LogP contribution in [0.1, 0.15) is 12.5 Å². The van der Waals surface area contributed by atoms with Gasteiger partial charge in [0.05, 0.1) is 6.61 Å². The molecule has 0 aliphatic rings. The number of benzene rings is 1. The standard InChI is InChI=1S/C12H14N4O2/c1-3-18-11(17)8-16-12(13-14-15-16)10-6-4-9(2)5-7-10/h4-7H,3,8H2,1-2H3. The molecule has 1 aromatic heterocycles. The zero-order valence-corrected chi connectivity index (χ0v) is 10.3. The molecule has 2 rings (SSSR count). The van der Waals surface area contributed by atoms with Gasteiger partial charge in [-0.15, -0.1) is 5.10 Å². The highest BCUT2D eigenvalue weighted by molar-refractivity contribution is 5.70. The lowest BCUT2D eigenvalue weighted by atomic mass is 10.1. The van der Waals surface area contributed by atoms with Gasteiger partial charge in [0, 0.05) is 5.56 Å². The highest BCUT2D eigenvalue weighted by Gasteiger charge is 2.12. The second-order valence-electron chi connectivity index (χ2n) is 3.83. The van der Waals surface area contributed by atoms with Crippen molar-refractivity contribution in [1.82, 2.24) is 20.2 Å². The van der Waals surface area contributed by atoms with Crippen LogP contribution in [0.3, 0.4) is 0 Å². The van der Waals surface area contributed by atoms with Crippen molar-refractivity contribution >= 4 is 5.97 Å². The quantitative estimate of drug-likeness (QED) is 0.758. The van der Waals surface area contributed by atoms with Crippen LogP contribution in [0.4, 0.5) is 0 Å². The molecule has 18 heavy (non-hydrogen) atoms. The van der Waals surface area contributed by atoms with Gasteiger partial charge in [0.2, 0.25) is 0 Å². The third kappa shape index (κ3) is 2.71. The van der Waals surface area contributed by atoms with E-state index in [1.165, 1.54) is 4.68 Å². The van der Waals surface area contributed by atoms with Crippen LogP contribution in [-0.2, 0) is 16.1 Å². The summed E-state index contributed by atoms with van der Waals surface area (Å²) in [5, 5.41) is 11.3. The van der Waals surface area contributed by atoms with Gasteiger partial charge in [-0.25, -0.2) is 4.68 Å². The molecule has 0 bridgehead atoms. The van der Waals surface area contributed by atoms with E-state index in [0.29, 0.717) is 12.4 Å². The van der Waals surface area contributed by atoms with Crippen LogP contribution in [0.2, 0.25) is 0 Å². The fraction of sp³-hybridized carbons (Fsp3) is 0.333. The first kappa shape index (κ1) is 12.2. The molecule has 0 fully saturated rings. The second-order valence-corrected chi connectivity index (χ2v) is 3.83. The van der Waals surface area contributed by atoms with Gasteiger partial charge in [-0.05, 0) is 24.3 Å². The Morgan fingerprint density at radius 2 is 2.06 bits per heavy atom. The lowest BCUT2D eigenvalue weighted by molar-refractivity contribution is -0.144. The van der Waals surface area contributed by atoms with Crippen molar-refractivity contribution in [3.63, 3.8) is 0 Å². The number of aromatic nitrogens is 4. The molecule has 2 aromatic rings. The first-order valence-electron chi connectivity index (χ1n) is 5.69. The maximum Gasteiger partial charge on any atom is 0.327 e. The summed E-state index contributed by atoms with van der Waals surface area (Å²) in [4.78, 5) is 11.4. The Morgan fingerprint density at radius 3 is 2.72 bits per heavy atom. The third-order valence-corrected chi connectivity index (χ3v) is 2.43. The molecule has 0 unspecified atom stereocenters. The van der Waals surface area contributed by atoms with Crippen molar-refractivity contribution in [2.24, 2.45) is 0 Å². The number of ether oxygens (including phenoxy) is 1. The van der Waals surface area contributed by atoms with E-state index >= 15 is 0 Å². The van der Waals surface area contributed by atoms with Crippen molar-refractivity contribution in [2.75, 3.05) is 6.61 Å². The van der Waals surface area contributed by atoms with Gasteiger partial charge in [0.15, 0.2) is 5.82 Å². The first-order chi connectivity index (χ1) is 8.70. The SMILES string of the molecule is CCOC(=O)Cn1nnnc1-c1ccc(C)cc1. The van der Waals surface area contributed by atoms with Gasteiger partial charge in [0.1, 0.15) is 6.54 Å². The van der Waals surface area contributed by atoms with E-state index in [1.807, 2.05) is 31.2 Å². The monoisotopic (exact) mass is 246 g/mol. The van der Waals surface area contributed by atoms with Crippen LogP contribution >= 0.6 is 0 Å². The van der Waals surface area contributed by atoms with E-state index in [9.17, 15) is 4.79 Å². The van der Waals surface area contributed by atoms with E-state index in [2.05, 4.69) is 15.5 Å². The van der Waals surface area contributed by atoms with E-state index in [4.69, 9.17) is 4.74 Å². The van der Waals surface area contributed by atoms with E-state index in [0.717, 1.165) is 11.1 Å². The molecular weight excluding hydrogens is 232 g/mol. The minimum atomic E-state index is -0.349. The Kier molecular flexibility index (Phi) is 3.66. The van der Waals surface area contributed by atoms with Crippen LogP contribution < -0.4 is 0 Å². The summed E-state index contributed by atoms with van der Waals surface area (Å²) in [5.74, 6) is 0.209. The number of aryl methyl sites for hydroxylation is 1. The molecule has 0 saturated heterocycles. The van der Waals surface area contributed by atoms with Gasteiger partial charge in [-0.1, -0.05) is 29.8 Å². The van der Waals surface area contributed by atoms with Crippen LogP contribution in [0.25, 0.3) is 11.4 Å². The van der Waals surface area contributed by atoms with Crippen molar-refractivity contribution in [2.45, 2.75) is 20.4 Å². The Morgan fingerprint density at radius 1 is 1.33 bits per heavy atom. The van der Waals surface area contributed by atoms with Gasteiger partial charge >= 0.3 is 5.97 Å². The number of hydrogen-bond donors (Lipinski definition) is 0. The molecule has 0 atom stereocenters. The molecule has 1 heterocycles. The van der Waals surface area contributed by atoms with Gasteiger partial charge in [0.25, 0.3) is 0 Å². The van der Waals surface area contributed by atoms with Crippen molar-refractivity contribution in [3.8, 4) is 11.4 Å². The number of tetrazole rings is 1. The molecule has 0 saturated carbocycles. The molecule has 94 valence electrons. The fourth-order valence-electron chi connectivity index (χ4n) is 1.55. The minimum absolute atomic E-state index is 0.0179. The maximum absolute atomic E-state index is 11.4. The number of nitrogens with zero attached hydrogens (tertiary/aromatic N) is 4. The summed E-state index contributed by atoms with van der Waals surface area (Å²) in [6.07, 6.45) is 0. The summed E-state index contributed by atoms with van der Waals surface area (Å²) in [7, 11) is 0. The van der Waals surface area contributed by atoms with Crippen molar-refractivity contribution in [3.05, 3.63) is 29.8 Å². The predicted octanol–water partition coefficient (Wildman–Crippen LogP) is 1.21. The number of carbonyl (C=O) groups is 1. The number of carbonyl (C=O) groups excluding carboxylic acids is 1. The Bertz CT molecular complexity index is 533. The summed E-state index contributed by atoms with van der Waals surface area (Å²) < 4.78 is 6.30. The average Bonchev–Trinajstić information content (AvgIpc) is 2.78. The van der Waals surface area contributed by atoms with Crippen LogP contribution in [-0.4, -0.2) is 32.8 Å². The molecule has 6 heteroatoms. The van der Waals surface area contributed by atoms with Crippen molar-refractivity contribution in [1.29, 1.82) is 0 Å². The second kappa shape index (κ2) is 5.39. The predicted molar refractivity (Wildman–Crippen MR) is 64.6 cm³/mol. The number of hydrogen-bond acceptors (Lipinski definition) is 5. The van der Waals surface area contributed by atoms with E-state index < -0.39 is 0 Å². The Balaban J connectivity index is 2.22. The normalized spacial score (nSPS) is 10.3. The number of esters is 1. The fourth-order valence-corrected chi connectivity index (χ4v) is 1.55. The molecule has 6 nitrogen and oxygen atoms in total. The summed E-state index contributed by atoms with van der Waals surface area (Å²) in [6, 6.07) is 7.78. The Hall–Kier alpha value is -2.24. The third-order valence-electron chi connectivity index (χ3n) is 2.43. The molecular formula is C12H14N4O2. The minimum Gasteiger partial charge on any atom is -0.465 e. The molecule has 1 aromatic carbocycles. The molecule has 0 aliphatic carbocycles. The van der Waals surface area contributed by atoms with Gasteiger partial charge in [-0.3, -0.25) is 4.79 Å². The zero-order chi connectivity index (χ0) is 13.0. The van der Waals surface area contributed by atoms with Gasteiger partial charge in [-0.2, -0.15) is 0 Å². The highest BCUT2D eigenvalue weighted by Crippen LogP contribution is 2.16. The topological polar surface area (TPSA) is 69.9 Å². The highest BCUT2D eigenvalue weighted by atomic mass is 16.5. The maximum atomic E-state index is 11.4. The van der Waals surface area contributed by atoms with E-state index in [-0.39, 0.29) is 12.5 Å². The van der Waals surface area contributed by atoms with Crippen LogP contribution in [0.5, 0.6) is 0 Å².